The molecule has 0 aliphatic heterocycles. The van der Waals surface area contributed by atoms with E-state index < -0.39 is 0 Å². The van der Waals surface area contributed by atoms with E-state index >= 15 is 0 Å². The zero-order valence-corrected chi connectivity index (χ0v) is 8.89. The summed E-state index contributed by atoms with van der Waals surface area (Å²) in [6.45, 7) is 11.7. The van der Waals surface area contributed by atoms with Crippen molar-refractivity contribution < 1.29 is 0 Å². The number of nitrogens with zero attached hydrogens (tertiary/aromatic N) is 1. The molecule has 0 atom stereocenters. The lowest BCUT2D eigenvalue weighted by molar-refractivity contribution is 0.878. The van der Waals surface area contributed by atoms with E-state index in [1.54, 1.807) is 19.2 Å². The van der Waals surface area contributed by atoms with Gasteiger partial charge < -0.3 is 0 Å². The molecule has 0 aromatic rings. The first-order chi connectivity index (χ1) is 6.11. The van der Waals surface area contributed by atoms with Crippen LogP contribution in [-0.2, 0) is 0 Å². The van der Waals surface area contributed by atoms with Crippen LogP contribution >= 0.6 is 0 Å². The minimum Gasteiger partial charge on any atom is -0.264 e. The summed E-state index contributed by atoms with van der Waals surface area (Å²) in [6, 6.07) is 0. The smallest absolute Gasteiger partial charge is 0.0423 e. The fourth-order valence-electron chi connectivity index (χ4n) is 0.601. The normalized spacial score (nSPS) is 12.4. The molecule has 0 aromatic heterocycles. The number of aliphatic imine (C=N–C) groups is 1. The van der Waals surface area contributed by atoms with Gasteiger partial charge in [-0.15, -0.1) is 5.92 Å². The Morgan fingerprint density at radius 3 is 2.46 bits per heavy atom. The minimum atomic E-state index is 0.483. The highest BCUT2D eigenvalue weighted by Crippen LogP contribution is 1.99. The van der Waals surface area contributed by atoms with Crippen molar-refractivity contribution in [1.29, 1.82) is 0 Å². The topological polar surface area (TPSA) is 12.4 Å². The molecule has 0 aromatic carbocycles. The number of allylic oxidation sites excluding steroid dienone is 2. The molecule has 13 heavy (non-hydrogen) atoms. The summed E-state index contributed by atoms with van der Waals surface area (Å²) < 4.78 is 0. The Hall–Kier alpha value is -1.29. The number of hydrogen-bond acceptors (Lipinski definition) is 1. The van der Waals surface area contributed by atoms with Gasteiger partial charge in [-0.25, -0.2) is 0 Å². The molecule has 0 bridgehead atoms. The third-order valence-electron chi connectivity index (χ3n) is 1.73. The predicted octanol–water partition coefficient (Wildman–Crippen LogP) is 3.20. The van der Waals surface area contributed by atoms with Gasteiger partial charge in [0.05, 0.1) is 0 Å². The van der Waals surface area contributed by atoms with E-state index in [9.17, 15) is 0 Å². The summed E-state index contributed by atoms with van der Waals surface area (Å²) in [7, 11) is 0. The van der Waals surface area contributed by atoms with Crippen molar-refractivity contribution in [3.8, 4) is 11.8 Å². The molecule has 0 amide bonds. The molecule has 0 saturated heterocycles. The van der Waals surface area contributed by atoms with Crippen molar-refractivity contribution in [3.05, 3.63) is 24.4 Å². The molecule has 70 valence electrons. The third kappa shape index (κ3) is 5.03. The van der Waals surface area contributed by atoms with Crippen molar-refractivity contribution in [1.82, 2.24) is 0 Å². The van der Waals surface area contributed by atoms with Crippen LogP contribution in [0.25, 0.3) is 0 Å². The Bertz CT molecular complexity index is 282. The molecule has 0 rings (SSSR count). The van der Waals surface area contributed by atoms with Gasteiger partial charge >= 0.3 is 0 Å². The quantitative estimate of drug-likeness (QED) is 0.355. The van der Waals surface area contributed by atoms with Gasteiger partial charge in [0.15, 0.2) is 0 Å². The van der Waals surface area contributed by atoms with Gasteiger partial charge in [-0.2, -0.15) is 0 Å². The van der Waals surface area contributed by atoms with E-state index in [2.05, 4.69) is 37.3 Å². The van der Waals surface area contributed by atoms with Crippen LogP contribution in [0.2, 0.25) is 0 Å². The van der Waals surface area contributed by atoms with Crippen LogP contribution in [0.1, 0.15) is 27.7 Å². The molecular formula is C12H17N. The Morgan fingerprint density at radius 1 is 1.46 bits per heavy atom. The average molecular weight is 175 g/mol. The van der Waals surface area contributed by atoms with Gasteiger partial charge in [-0.1, -0.05) is 32.4 Å². The minimum absolute atomic E-state index is 0.483. The van der Waals surface area contributed by atoms with Crippen LogP contribution in [-0.4, -0.2) is 5.71 Å². The molecule has 0 aliphatic rings. The zero-order chi connectivity index (χ0) is 10.3. The Balaban J connectivity index is 4.60. The van der Waals surface area contributed by atoms with Crippen LogP contribution in [0.4, 0.5) is 0 Å². The lowest BCUT2D eigenvalue weighted by atomic mass is 10.1. The maximum atomic E-state index is 4.29. The molecule has 0 N–H and O–H groups in total. The highest BCUT2D eigenvalue weighted by Gasteiger charge is 1.95. The van der Waals surface area contributed by atoms with Crippen molar-refractivity contribution >= 4 is 5.71 Å². The van der Waals surface area contributed by atoms with E-state index in [-0.39, 0.29) is 0 Å². The molecule has 0 fully saturated rings. The zero-order valence-electron chi connectivity index (χ0n) is 8.89. The Kier molecular flexibility index (Phi) is 5.63. The van der Waals surface area contributed by atoms with Crippen molar-refractivity contribution in [2.45, 2.75) is 27.7 Å². The standard InChI is InChI=1S/C12H17N/c1-6-8-12(7-2)9-13-11(5)10(3)4/h7,9-10H,2H2,1,3-5H3/b12-9+,13-11?. The third-order valence-corrected chi connectivity index (χ3v) is 1.73. The lowest BCUT2D eigenvalue weighted by Crippen LogP contribution is -2.00. The van der Waals surface area contributed by atoms with Crippen LogP contribution in [0.3, 0.4) is 0 Å². The van der Waals surface area contributed by atoms with Gasteiger partial charge in [0.2, 0.25) is 0 Å². The number of hydrogen-bond donors (Lipinski definition) is 0. The van der Waals surface area contributed by atoms with Crippen molar-refractivity contribution in [3.63, 3.8) is 0 Å². The van der Waals surface area contributed by atoms with Crippen molar-refractivity contribution in [2.24, 2.45) is 10.9 Å². The molecule has 0 heterocycles. The van der Waals surface area contributed by atoms with Crippen molar-refractivity contribution in [2.75, 3.05) is 0 Å². The monoisotopic (exact) mass is 175 g/mol. The molecule has 1 nitrogen and oxygen atoms in total. The molecule has 0 radical (unpaired) electrons. The maximum Gasteiger partial charge on any atom is 0.0423 e. The summed E-state index contributed by atoms with van der Waals surface area (Å²) in [5.41, 5.74) is 1.97. The summed E-state index contributed by atoms with van der Waals surface area (Å²) in [4.78, 5) is 4.29. The Labute approximate surface area is 81.3 Å². The van der Waals surface area contributed by atoms with E-state index in [1.807, 2.05) is 6.92 Å². The summed E-state index contributed by atoms with van der Waals surface area (Å²) in [6.07, 6.45) is 3.48. The van der Waals surface area contributed by atoms with E-state index in [4.69, 9.17) is 0 Å². The van der Waals surface area contributed by atoms with Crippen LogP contribution in [0.5, 0.6) is 0 Å². The fraction of sp³-hybridized carbons (Fsp3) is 0.417. The van der Waals surface area contributed by atoms with Gasteiger partial charge in [0.1, 0.15) is 0 Å². The highest BCUT2D eigenvalue weighted by atomic mass is 14.7. The van der Waals surface area contributed by atoms with E-state index in [0.717, 1.165) is 11.3 Å². The van der Waals surface area contributed by atoms with Gasteiger partial charge in [-0.3, -0.25) is 4.99 Å². The van der Waals surface area contributed by atoms with Crippen LogP contribution in [0, 0.1) is 17.8 Å². The molecular weight excluding hydrogens is 158 g/mol. The summed E-state index contributed by atoms with van der Waals surface area (Å²) in [5.74, 6) is 6.21. The molecule has 1 heteroatoms. The molecule has 0 spiro atoms. The van der Waals surface area contributed by atoms with Gasteiger partial charge in [0.25, 0.3) is 0 Å². The second-order valence-corrected chi connectivity index (χ2v) is 3.09. The lowest BCUT2D eigenvalue weighted by Gasteiger charge is -2.00. The highest BCUT2D eigenvalue weighted by molar-refractivity contribution is 5.84. The second-order valence-electron chi connectivity index (χ2n) is 3.09. The average Bonchev–Trinajstić information content (AvgIpc) is 2.11. The fourth-order valence-corrected chi connectivity index (χ4v) is 0.601. The first kappa shape index (κ1) is 11.7. The van der Waals surface area contributed by atoms with Crippen LogP contribution < -0.4 is 0 Å². The predicted molar refractivity (Wildman–Crippen MR) is 59.7 cm³/mol. The van der Waals surface area contributed by atoms with Gasteiger partial charge in [-0.05, 0) is 19.8 Å². The Morgan fingerprint density at radius 2 is 2.08 bits per heavy atom. The molecule has 0 aliphatic carbocycles. The maximum absolute atomic E-state index is 4.29. The SMILES string of the molecule is C=C/C(C#CC)=C\N=C(C)C(C)C. The number of rotatable bonds is 3. The van der Waals surface area contributed by atoms with Crippen LogP contribution in [0.15, 0.2) is 29.4 Å². The van der Waals surface area contributed by atoms with Gasteiger partial charge in [0, 0.05) is 17.5 Å². The molecule has 0 saturated carbocycles. The second kappa shape index (κ2) is 6.25. The first-order valence-electron chi connectivity index (χ1n) is 4.41. The summed E-state index contributed by atoms with van der Waals surface area (Å²) >= 11 is 0. The van der Waals surface area contributed by atoms with E-state index in [0.29, 0.717) is 5.92 Å². The largest absolute Gasteiger partial charge is 0.264 e. The molecule has 0 unspecified atom stereocenters. The van der Waals surface area contributed by atoms with E-state index in [1.165, 1.54) is 0 Å². The summed E-state index contributed by atoms with van der Waals surface area (Å²) in [5, 5.41) is 0. The first-order valence-corrected chi connectivity index (χ1v) is 4.41.